The lowest BCUT2D eigenvalue weighted by atomic mass is 10.1. The van der Waals surface area contributed by atoms with Crippen LogP contribution < -0.4 is 5.32 Å². The molecule has 1 heterocycles. The predicted octanol–water partition coefficient (Wildman–Crippen LogP) is 2.40. The molecule has 0 fully saturated rings. The third-order valence-corrected chi connectivity index (χ3v) is 4.40. The molecule has 1 aliphatic carbocycles. The molecule has 2 aromatic carbocycles. The van der Waals surface area contributed by atoms with Gasteiger partial charge in [-0.3, -0.25) is 4.79 Å². The van der Waals surface area contributed by atoms with E-state index in [-0.39, 0.29) is 17.4 Å². The van der Waals surface area contributed by atoms with E-state index in [2.05, 4.69) is 10.4 Å². The first-order valence-corrected chi connectivity index (χ1v) is 8.00. The molecule has 3 aromatic rings. The molecule has 0 saturated carbocycles. The van der Waals surface area contributed by atoms with E-state index in [0.29, 0.717) is 12.1 Å². The van der Waals surface area contributed by atoms with Crippen LogP contribution in [-0.4, -0.2) is 26.9 Å². The maximum atomic E-state index is 13.0. The van der Waals surface area contributed by atoms with Crippen LogP contribution in [0.3, 0.4) is 0 Å². The first-order chi connectivity index (χ1) is 12.1. The van der Waals surface area contributed by atoms with Crippen LogP contribution >= 0.6 is 0 Å². The Labute approximate surface area is 143 Å². The van der Waals surface area contributed by atoms with Crippen molar-refractivity contribution in [2.75, 3.05) is 0 Å². The van der Waals surface area contributed by atoms with Gasteiger partial charge in [0.15, 0.2) is 5.69 Å². The minimum atomic E-state index is -0.652. The Bertz CT molecular complexity index is 920. The zero-order valence-electron chi connectivity index (χ0n) is 13.3. The van der Waals surface area contributed by atoms with Crippen LogP contribution in [0.15, 0.2) is 60.8 Å². The summed E-state index contributed by atoms with van der Waals surface area (Å²) in [6.45, 7) is 0. The molecule has 1 amide bonds. The van der Waals surface area contributed by atoms with E-state index >= 15 is 0 Å². The van der Waals surface area contributed by atoms with E-state index in [1.54, 1.807) is 24.4 Å². The molecule has 2 N–H and O–H groups in total. The Morgan fingerprint density at radius 1 is 1.16 bits per heavy atom. The monoisotopic (exact) mass is 337 g/mol. The summed E-state index contributed by atoms with van der Waals surface area (Å²) in [5, 5.41) is 17.3. The third kappa shape index (κ3) is 2.92. The van der Waals surface area contributed by atoms with Crippen LogP contribution in [-0.2, 0) is 6.42 Å². The van der Waals surface area contributed by atoms with Gasteiger partial charge in [-0.05, 0) is 41.5 Å². The summed E-state index contributed by atoms with van der Waals surface area (Å²) < 4.78 is 14.5. The molecule has 1 aromatic heterocycles. The number of carbonyl (C=O) groups excluding carboxylic acids is 1. The number of hydrogen-bond donors (Lipinski definition) is 2. The van der Waals surface area contributed by atoms with Crippen molar-refractivity contribution in [2.24, 2.45) is 0 Å². The third-order valence-electron chi connectivity index (χ3n) is 4.40. The number of nitrogens with one attached hydrogen (secondary N) is 1. The van der Waals surface area contributed by atoms with Crippen molar-refractivity contribution in [1.29, 1.82) is 0 Å². The number of carbonyl (C=O) groups is 1. The number of fused-ring (bicyclic) bond motifs is 1. The van der Waals surface area contributed by atoms with Crippen molar-refractivity contribution in [1.82, 2.24) is 15.1 Å². The van der Waals surface area contributed by atoms with E-state index < -0.39 is 12.1 Å². The molecule has 0 saturated heterocycles. The van der Waals surface area contributed by atoms with E-state index in [1.165, 1.54) is 16.8 Å². The number of aliphatic hydroxyl groups excluding tert-OH is 1. The van der Waals surface area contributed by atoms with Gasteiger partial charge in [0.05, 0.1) is 17.8 Å². The highest BCUT2D eigenvalue weighted by molar-refractivity contribution is 5.92. The molecule has 4 rings (SSSR count). The second-order valence-corrected chi connectivity index (χ2v) is 6.04. The largest absolute Gasteiger partial charge is 0.390 e. The van der Waals surface area contributed by atoms with Gasteiger partial charge in [0, 0.05) is 12.6 Å². The molecule has 126 valence electrons. The maximum absolute atomic E-state index is 13.0. The number of aromatic nitrogens is 2. The van der Waals surface area contributed by atoms with Crippen molar-refractivity contribution in [3.8, 4) is 5.69 Å². The van der Waals surface area contributed by atoms with Gasteiger partial charge in [-0.2, -0.15) is 5.10 Å². The summed E-state index contributed by atoms with van der Waals surface area (Å²) in [7, 11) is 0. The summed E-state index contributed by atoms with van der Waals surface area (Å²) in [6.07, 6.45) is 1.51. The van der Waals surface area contributed by atoms with Crippen molar-refractivity contribution >= 4 is 5.91 Å². The number of benzene rings is 2. The number of halogens is 1. The Balaban J connectivity index is 1.53. The molecular formula is C19H16FN3O2. The van der Waals surface area contributed by atoms with Crippen molar-refractivity contribution in [2.45, 2.75) is 18.6 Å². The van der Waals surface area contributed by atoms with Crippen LogP contribution in [0.5, 0.6) is 0 Å². The topological polar surface area (TPSA) is 67.2 Å². The summed E-state index contributed by atoms with van der Waals surface area (Å²) in [5.74, 6) is -0.690. The molecule has 2 atom stereocenters. The van der Waals surface area contributed by atoms with E-state index in [0.717, 1.165) is 11.1 Å². The molecule has 5 nitrogen and oxygen atoms in total. The molecule has 0 radical (unpaired) electrons. The smallest absolute Gasteiger partial charge is 0.272 e. The minimum absolute atomic E-state index is 0.237. The number of nitrogens with zero attached hydrogens (tertiary/aromatic N) is 2. The highest BCUT2D eigenvalue weighted by Gasteiger charge is 2.32. The normalized spacial score (nSPS) is 18.8. The Hall–Kier alpha value is -2.99. The Kier molecular flexibility index (Phi) is 3.82. The summed E-state index contributed by atoms with van der Waals surface area (Å²) >= 11 is 0. The SMILES string of the molecule is O=C(N[C@@H]1c2ccccc2C[C@@H]1O)c1ccn(-c2ccc(F)cc2)n1. The fourth-order valence-electron chi connectivity index (χ4n) is 3.15. The Morgan fingerprint density at radius 2 is 1.92 bits per heavy atom. The minimum Gasteiger partial charge on any atom is -0.390 e. The lowest BCUT2D eigenvalue weighted by molar-refractivity contribution is 0.0853. The summed E-state index contributed by atoms with van der Waals surface area (Å²) in [4.78, 5) is 12.5. The highest BCUT2D eigenvalue weighted by atomic mass is 19.1. The summed E-state index contributed by atoms with van der Waals surface area (Å²) in [5.41, 5.74) is 2.87. The van der Waals surface area contributed by atoms with Gasteiger partial charge in [0.1, 0.15) is 5.82 Å². The highest BCUT2D eigenvalue weighted by Crippen LogP contribution is 2.31. The van der Waals surface area contributed by atoms with Crippen LogP contribution in [0, 0.1) is 5.82 Å². The average molecular weight is 337 g/mol. The molecule has 0 aliphatic heterocycles. The van der Waals surface area contributed by atoms with Crippen LogP contribution in [0.4, 0.5) is 4.39 Å². The standard InChI is InChI=1S/C19H16FN3O2/c20-13-5-7-14(8-6-13)23-10-9-16(22-23)19(25)21-18-15-4-2-1-3-12(15)11-17(18)24/h1-10,17-18,24H,11H2,(H,21,25)/t17-,18+/m0/s1. The van der Waals surface area contributed by atoms with Gasteiger partial charge in [0.25, 0.3) is 5.91 Å². The fraction of sp³-hybridized carbons (Fsp3) is 0.158. The average Bonchev–Trinajstić information content (AvgIpc) is 3.21. The molecule has 6 heteroatoms. The van der Waals surface area contributed by atoms with E-state index in [9.17, 15) is 14.3 Å². The lowest BCUT2D eigenvalue weighted by Gasteiger charge is -2.17. The van der Waals surface area contributed by atoms with Crippen LogP contribution in [0.1, 0.15) is 27.7 Å². The molecule has 0 unspecified atom stereocenters. The van der Waals surface area contributed by atoms with Crippen molar-refractivity contribution in [3.63, 3.8) is 0 Å². The molecular weight excluding hydrogens is 321 g/mol. The number of amides is 1. The molecule has 25 heavy (non-hydrogen) atoms. The van der Waals surface area contributed by atoms with E-state index in [1.807, 2.05) is 24.3 Å². The van der Waals surface area contributed by atoms with Crippen molar-refractivity contribution < 1.29 is 14.3 Å². The maximum Gasteiger partial charge on any atom is 0.272 e. The first kappa shape index (κ1) is 15.5. The van der Waals surface area contributed by atoms with Gasteiger partial charge >= 0.3 is 0 Å². The predicted molar refractivity (Wildman–Crippen MR) is 89.9 cm³/mol. The molecule has 0 spiro atoms. The van der Waals surface area contributed by atoms with Gasteiger partial charge in [-0.15, -0.1) is 0 Å². The number of aliphatic hydroxyl groups is 1. The van der Waals surface area contributed by atoms with Gasteiger partial charge in [-0.25, -0.2) is 9.07 Å². The second-order valence-electron chi connectivity index (χ2n) is 6.04. The van der Waals surface area contributed by atoms with Gasteiger partial charge in [0.2, 0.25) is 0 Å². The van der Waals surface area contributed by atoms with Crippen LogP contribution in [0.2, 0.25) is 0 Å². The fourth-order valence-corrected chi connectivity index (χ4v) is 3.15. The van der Waals surface area contributed by atoms with Gasteiger partial charge < -0.3 is 10.4 Å². The zero-order valence-corrected chi connectivity index (χ0v) is 13.3. The van der Waals surface area contributed by atoms with Gasteiger partial charge in [-0.1, -0.05) is 24.3 Å². The summed E-state index contributed by atoms with van der Waals surface area (Å²) in [6, 6.07) is 14.7. The molecule has 1 aliphatic rings. The Morgan fingerprint density at radius 3 is 2.72 bits per heavy atom. The van der Waals surface area contributed by atoms with Crippen LogP contribution in [0.25, 0.3) is 5.69 Å². The second kappa shape index (κ2) is 6.14. The van der Waals surface area contributed by atoms with E-state index in [4.69, 9.17) is 0 Å². The number of rotatable bonds is 3. The zero-order chi connectivity index (χ0) is 17.4. The molecule has 0 bridgehead atoms. The van der Waals surface area contributed by atoms with Crippen molar-refractivity contribution in [3.05, 3.63) is 83.4 Å². The lowest BCUT2D eigenvalue weighted by Crippen LogP contribution is -2.34. The number of hydrogen-bond acceptors (Lipinski definition) is 3. The first-order valence-electron chi connectivity index (χ1n) is 8.00. The quantitative estimate of drug-likeness (QED) is 0.771.